The first kappa shape index (κ1) is 23.3. The van der Waals surface area contributed by atoms with Crippen LogP contribution in [0.25, 0.3) is 71.0 Å². The number of rotatable bonds is 6. The van der Waals surface area contributed by atoms with E-state index in [0.717, 1.165) is 78.3 Å². The third-order valence-corrected chi connectivity index (χ3v) is 7.11. The normalized spacial score (nSPS) is 15.2. The Hall–Kier alpha value is -5.15. The van der Waals surface area contributed by atoms with E-state index in [9.17, 15) is 0 Å². The molecule has 0 saturated carbocycles. The topological polar surface area (TPSA) is 38.7 Å². The lowest BCUT2D eigenvalue weighted by molar-refractivity contribution is 1.08. The van der Waals surface area contributed by atoms with Crippen molar-refractivity contribution in [1.82, 2.24) is 15.2 Å². The van der Waals surface area contributed by atoms with Gasteiger partial charge in [-0.1, -0.05) is 99.2 Å². The molecule has 0 atom stereocenters. The summed E-state index contributed by atoms with van der Waals surface area (Å²) in [6.45, 7) is 15.9. The van der Waals surface area contributed by atoms with E-state index >= 15 is 0 Å². The number of benzene rings is 2. The highest BCUT2D eigenvalue weighted by Gasteiger charge is 2.20. The Morgan fingerprint density at radius 2 is 1.11 bits per heavy atom. The molecule has 0 spiro atoms. The number of hydrogen-bond donors (Lipinski definition) is 0. The molecule has 2 aromatic rings. The van der Waals surface area contributed by atoms with Crippen molar-refractivity contribution in [2.45, 2.75) is 0 Å². The number of hydrogen-bond acceptors (Lipinski definition) is 3. The second-order valence-electron chi connectivity index (χ2n) is 9.15. The Balaban J connectivity index is 1.41. The maximum absolute atomic E-state index is 4.72. The Morgan fingerprint density at radius 1 is 0.553 bits per heavy atom. The average molecular weight is 488 g/mol. The molecule has 0 aromatic heterocycles. The molecule has 3 nitrogen and oxygen atoms in total. The second kappa shape index (κ2) is 9.38. The molecule has 0 amide bonds. The maximum Gasteiger partial charge on any atom is 0.113 e. The molecule has 2 aliphatic heterocycles. The van der Waals surface area contributed by atoms with Crippen molar-refractivity contribution < 1.29 is 0 Å². The zero-order chi connectivity index (χ0) is 26.2. The predicted octanol–water partition coefficient (Wildman–Crippen LogP) is 8.68. The number of nitrogens with zero attached hydrogens (tertiary/aromatic N) is 3. The highest BCUT2D eigenvalue weighted by molar-refractivity contribution is 6.03. The molecule has 2 heterocycles. The minimum absolute atomic E-state index is 0.746. The van der Waals surface area contributed by atoms with Crippen molar-refractivity contribution in [3.63, 3.8) is 0 Å². The van der Waals surface area contributed by atoms with E-state index in [1.165, 1.54) is 0 Å². The van der Waals surface area contributed by atoms with Gasteiger partial charge in [0.1, 0.15) is 5.69 Å². The van der Waals surface area contributed by atoms with E-state index < -0.39 is 0 Å². The third kappa shape index (κ3) is 3.73. The van der Waals surface area contributed by atoms with Crippen molar-refractivity contribution in [2.75, 3.05) is 0 Å². The fraction of sp³-hybridized carbons (Fsp3) is 0. The molecule has 38 heavy (non-hydrogen) atoms. The molecule has 6 rings (SSSR count). The zero-order valence-electron chi connectivity index (χ0n) is 21.0. The van der Waals surface area contributed by atoms with Gasteiger partial charge in [-0.05, 0) is 79.9 Å². The van der Waals surface area contributed by atoms with Gasteiger partial charge >= 0.3 is 0 Å². The first-order valence-electron chi connectivity index (χ1n) is 12.4. The van der Waals surface area contributed by atoms with Crippen molar-refractivity contribution in [1.29, 1.82) is 0 Å². The number of allylic oxidation sites excluding steroid dienone is 4. The van der Waals surface area contributed by atoms with E-state index in [4.69, 9.17) is 4.98 Å². The summed E-state index contributed by atoms with van der Waals surface area (Å²) in [5, 5.41) is 8.88. The van der Waals surface area contributed by atoms with Crippen molar-refractivity contribution in [2.24, 2.45) is 0 Å². The van der Waals surface area contributed by atoms with E-state index in [1.54, 1.807) is 6.20 Å². The van der Waals surface area contributed by atoms with Crippen LogP contribution in [-0.2, 0) is 0 Å². The van der Waals surface area contributed by atoms with Gasteiger partial charge in [0.2, 0.25) is 0 Å². The summed E-state index contributed by atoms with van der Waals surface area (Å²) in [5.74, 6) is 0. The van der Waals surface area contributed by atoms with Gasteiger partial charge in [-0.2, -0.15) is 0 Å². The van der Waals surface area contributed by atoms with Crippen LogP contribution in [0.1, 0.15) is 55.9 Å². The van der Waals surface area contributed by atoms with Gasteiger partial charge in [0.25, 0.3) is 0 Å². The predicted molar refractivity (Wildman–Crippen MR) is 164 cm³/mol. The molecular weight excluding hydrogens is 462 g/mol. The van der Waals surface area contributed by atoms with Crippen LogP contribution in [-0.4, -0.2) is 15.2 Å². The molecule has 0 fully saturated rings. The van der Waals surface area contributed by atoms with E-state index in [2.05, 4.69) is 97.2 Å². The largest absolute Gasteiger partial charge is 0.255 e. The summed E-state index contributed by atoms with van der Waals surface area (Å²) >= 11 is 0. The fourth-order valence-electron chi connectivity index (χ4n) is 5.22. The highest BCUT2D eigenvalue weighted by atomic mass is 15.1. The summed E-state index contributed by atoms with van der Waals surface area (Å²) in [7, 11) is 0. The zero-order valence-corrected chi connectivity index (χ0v) is 21.0. The van der Waals surface area contributed by atoms with Crippen LogP contribution < -0.4 is 0 Å². The molecule has 2 aliphatic carbocycles. The van der Waals surface area contributed by atoms with Gasteiger partial charge in [-0.15, -0.1) is 10.2 Å². The van der Waals surface area contributed by atoms with Gasteiger partial charge in [-0.25, -0.2) is 0 Å². The van der Waals surface area contributed by atoms with Gasteiger partial charge in [-0.3, -0.25) is 4.98 Å². The molecular formula is C35H25N3. The maximum atomic E-state index is 4.72. The fourth-order valence-corrected chi connectivity index (χ4v) is 5.22. The lowest BCUT2D eigenvalue weighted by atomic mass is 9.94. The highest BCUT2D eigenvalue weighted by Crippen LogP contribution is 2.39. The summed E-state index contributed by atoms with van der Waals surface area (Å²) < 4.78 is 0. The third-order valence-electron chi connectivity index (χ3n) is 7.11. The Labute approximate surface area is 223 Å². The van der Waals surface area contributed by atoms with Crippen molar-refractivity contribution in [3.8, 4) is 11.3 Å². The molecule has 0 saturated heterocycles. The lowest BCUT2D eigenvalue weighted by Crippen LogP contribution is -1.90. The molecule has 180 valence electrons. The van der Waals surface area contributed by atoms with Crippen molar-refractivity contribution in [3.05, 3.63) is 137 Å². The van der Waals surface area contributed by atoms with Gasteiger partial charge < -0.3 is 0 Å². The minimum Gasteiger partial charge on any atom is -0.255 e. The molecule has 3 heteroatoms. The summed E-state index contributed by atoms with van der Waals surface area (Å²) in [6.07, 6.45) is 22.0. The average Bonchev–Trinajstić information content (AvgIpc) is 3.63. The summed E-state index contributed by atoms with van der Waals surface area (Å²) in [5.41, 5.74) is 14.5. The van der Waals surface area contributed by atoms with Crippen molar-refractivity contribution >= 4 is 59.8 Å². The van der Waals surface area contributed by atoms with Crippen LogP contribution in [0.5, 0.6) is 0 Å². The Kier molecular flexibility index (Phi) is 5.74. The van der Waals surface area contributed by atoms with E-state index in [-0.39, 0.29) is 0 Å². The van der Waals surface area contributed by atoms with Crippen LogP contribution in [0.15, 0.2) is 81.1 Å². The molecule has 0 bridgehead atoms. The SMILES string of the molecule is C=Cc1ccc(C=C)c2c1C=C/C2=C\c1ccc2c(/C=C3\C=Cc4c(C=C)ccc(C=C)c43)nnc-2cn1. The first-order chi connectivity index (χ1) is 18.6. The van der Waals surface area contributed by atoms with Crippen LogP contribution >= 0.6 is 0 Å². The second-order valence-corrected chi connectivity index (χ2v) is 9.15. The Bertz CT molecular complexity index is 1780. The number of aromatic nitrogens is 3. The monoisotopic (exact) mass is 487 g/mol. The quantitative estimate of drug-likeness (QED) is 0.273. The van der Waals surface area contributed by atoms with Gasteiger partial charge in [0.05, 0.1) is 17.6 Å². The summed E-state index contributed by atoms with van der Waals surface area (Å²) in [6, 6.07) is 12.4. The molecule has 0 N–H and O–H groups in total. The van der Waals surface area contributed by atoms with Crippen LogP contribution in [0.3, 0.4) is 0 Å². The molecule has 0 unspecified atom stereocenters. The van der Waals surface area contributed by atoms with Crippen LogP contribution in [0, 0.1) is 0 Å². The first-order valence-corrected chi connectivity index (χ1v) is 12.4. The smallest absolute Gasteiger partial charge is 0.113 e. The standard InChI is InChI=1S/C35H25N3/c1-5-22-9-11-24(7-3)34-26(13-16-29(22)34)19-28-15-18-31-32(37-38-33(31)21-36-28)20-27-14-17-30-23(6-2)10-12-25(8-4)35(27)30/h5-21H,1-4H2/b26-19+,27-20+. The molecule has 2 aromatic carbocycles. The molecule has 0 radical (unpaired) electrons. The number of fused-ring (bicyclic) bond motifs is 3. The minimum atomic E-state index is 0.746. The summed E-state index contributed by atoms with van der Waals surface area (Å²) in [4.78, 5) is 4.72. The van der Waals surface area contributed by atoms with Crippen LogP contribution in [0.4, 0.5) is 0 Å². The lowest BCUT2D eigenvalue weighted by Gasteiger charge is -2.09. The van der Waals surface area contributed by atoms with Gasteiger partial charge in [0, 0.05) is 5.56 Å². The Morgan fingerprint density at radius 3 is 1.68 bits per heavy atom. The van der Waals surface area contributed by atoms with E-state index in [1.807, 2.05) is 36.4 Å². The molecule has 4 aliphatic rings. The van der Waals surface area contributed by atoms with Gasteiger partial charge in [0.15, 0.2) is 0 Å². The van der Waals surface area contributed by atoms with Crippen LogP contribution in [0.2, 0.25) is 0 Å². The van der Waals surface area contributed by atoms with E-state index in [0.29, 0.717) is 0 Å².